The molecule has 0 N–H and O–H groups in total. The molecular weight excluding hydrogens is 765 g/mol. The van der Waals surface area contributed by atoms with E-state index in [1.54, 1.807) is 73.7 Å². The number of carbonyl (C=O) groups is 4. The number of anilines is 1. The normalized spacial score (nSPS) is 14.6. The summed E-state index contributed by atoms with van der Waals surface area (Å²) in [6.07, 6.45) is 6.50. The van der Waals surface area contributed by atoms with Crippen molar-refractivity contribution in [3.63, 3.8) is 0 Å². The third-order valence-electron chi connectivity index (χ3n) is 11.3. The number of rotatable bonds is 14. The molecule has 0 saturated carbocycles. The molecular formula is C48H46N2O8S. The van der Waals surface area contributed by atoms with E-state index in [0.717, 1.165) is 17.7 Å². The maximum atomic E-state index is 13.9. The van der Waals surface area contributed by atoms with Crippen LogP contribution in [0.4, 0.5) is 5.69 Å². The highest BCUT2D eigenvalue weighted by Gasteiger charge is 2.41. The van der Waals surface area contributed by atoms with Crippen LogP contribution in [0.3, 0.4) is 0 Å². The smallest absolute Gasteiger partial charge is 0.265 e. The highest BCUT2D eigenvalue weighted by Crippen LogP contribution is 2.40. The Bertz CT molecular complexity index is 2580. The molecule has 0 saturated heterocycles. The van der Waals surface area contributed by atoms with E-state index in [9.17, 15) is 27.6 Å². The third-order valence-corrected chi connectivity index (χ3v) is 13.2. The molecule has 10 nitrogen and oxygen atoms in total. The number of imide groups is 2. The van der Waals surface area contributed by atoms with Crippen molar-refractivity contribution < 1.29 is 37.1 Å². The van der Waals surface area contributed by atoms with Crippen LogP contribution in [0.5, 0.6) is 17.2 Å². The molecule has 11 heteroatoms. The Morgan fingerprint density at radius 3 is 1.51 bits per heavy atom. The lowest BCUT2D eigenvalue weighted by atomic mass is 9.85. The number of benzene rings is 5. The Morgan fingerprint density at radius 2 is 1.03 bits per heavy atom. The standard InChI is InChI=1S/C48H46N2O8S/c1-7-31(8-2)32-13-17-35(18-14-32)57-29(5)11-12-30(6)59(55,56)38-23-21-37(22-24-38)58-36-19-15-34(16-20-36)50-47(53)41-27-25-39-43-40(26-28-42(44(41)43)48(50)54)46(52)49(45(39)51)33(9-3)10-4/h11-28,31,33H,7-10H2,1-6H3/b29-11+,30-12+. The third kappa shape index (κ3) is 7.47. The molecule has 0 bridgehead atoms. The monoisotopic (exact) mass is 810 g/mol. The fourth-order valence-corrected chi connectivity index (χ4v) is 9.01. The summed E-state index contributed by atoms with van der Waals surface area (Å²) in [4.78, 5) is 57.7. The van der Waals surface area contributed by atoms with Crippen LogP contribution in [0.25, 0.3) is 10.8 Å². The van der Waals surface area contributed by atoms with Crippen LogP contribution in [0.1, 0.15) is 120 Å². The van der Waals surface area contributed by atoms with Crippen molar-refractivity contribution in [3.05, 3.63) is 148 Å². The highest BCUT2D eigenvalue weighted by molar-refractivity contribution is 7.95. The Balaban J connectivity index is 1.03. The summed E-state index contributed by atoms with van der Waals surface area (Å²) >= 11 is 0. The molecule has 0 aliphatic carbocycles. The number of allylic oxidation sites excluding steroid dienone is 4. The summed E-state index contributed by atoms with van der Waals surface area (Å²) in [5.41, 5.74) is 2.59. The van der Waals surface area contributed by atoms with E-state index < -0.39 is 33.5 Å². The van der Waals surface area contributed by atoms with Crippen molar-refractivity contribution in [2.24, 2.45) is 0 Å². The summed E-state index contributed by atoms with van der Waals surface area (Å²) < 4.78 is 38.7. The number of ether oxygens (including phenoxy) is 2. The number of sulfone groups is 1. The van der Waals surface area contributed by atoms with E-state index in [1.165, 1.54) is 35.6 Å². The van der Waals surface area contributed by atoms with E-state index in [-0.39, 0.29) is 27.0 Å². The van der Waals surface area contributed by atoms with E-state index in [2.05, 4.69) is 26.0 Å². The van der Waals surface area contributed by atoms with Gasteiger partial charge in [-0.25, -0.2) is 13.3 Å². The molecule has 302 valence electrons. The molecule has 5 aromatic rings. The molecule has 0 aromatic heterocycles. The van der Waals surface area contributed by atoms with Gasteiger partial charge in [0.15, 0.2) is 0 Å². The van der Waals surface area contributed by atoms with Gasteiger partial charge < -0.3 is 9.47 Å². The second-order valence-electron chi connectivity index (χ2n) is 14.8. The second kappa shape index (κ2) is 16.5. The van der Waals surface area contributed by atoms with Gasteiger partial charge in [-0.05, 0) is 148 Å². The van der Waals surface area contributed by atoms with Gasteiger partial charge in [-0.3, -0.25) is 24.1 Å². The zero-order valence-corrected chi connectivity index (χ0v) is 34.8. The van der Waals surface area contributed by atoms with Gasteiger partial charge in [0.2, 0.25) is 9.84 Å². The quantitative estimate of drug-likeness (QED) is 0.0616. The average molecular weight is 811 g/mol. The molecule has 0 spiro atoms. The molecule has 0 fully saturated rings. The lowest BCUT2D eigenvalue weighted by molar-refractivity contribution is 0.0528. The maximum absolute atomic E-state index is 13.9. The summed E-state index contributed by atoms with van der Waals surface area (Å²) in [6.45, 7) is 11.5. The van der Waals surface area contributed by atoms with Crippen molar-refractivity contribution >= 4 is 49.9 Å². The van der Waals surface area contributed by atoms with Crippen LogP contribution in [0.2, 0.25) is 0 Å². The zero-order valence-electron chi connectivity index (χ0n) is 33.9. The molecule has 2 aliphatic rings. The molecule has 4 amide bonds. The fraction of sp³-hybridized carbons (Fsp3) is 0.250. The van der Waals surface area contributed by atoms with Gasteiger partial charge >= 0.3 is 0 Å². The molecule has 2 heterocycles. The minimum absolute atomic E-state index is 0.0951. The van der Waals surface area contributed by atoms with E-state index >= 15 is 0 Å². The first-order valence-corrected chi connectivity index (χ1v) is 21.4. The topological polar surface area (TPSA) is 127 Å². The second-order valence-corrected chi connectivity index (χ2v) is 16.9. The summed E-state index contributed by atoms with van der Waals surface area (Å²) in [5.74, 6) is 0.475. The zero-order chi connectivity index (χ0) is 42.2. The van der Waals surface area contributed by atoms with Gasteiger partial charge in [0.1, 0.15) is 23.0 Å². The number of hydrogen-bond donors (Lipinski definition) is 0. The largest absolute Gasteiger partial charge is 0.462 e. The molecule has 5 aromatic carbocycles. The van der Waals surface area contributed by atoms with Crippen molar-refractivity contribution in [3.8, 4) is 17.2 Å². The van der Waals surface area contributed by atoms with Gasteiger partial charge in [-0.1, -0.05) is 39.8 Å². The van der Waals surface area contributed by atoms with Gasteiger partial charge in [-0.2, -0.15) is 0 Å². The lowest BCUT2D eigenvalue weighted by Gasteiger charge is -2.35. The van der Waals surface area contributed by atoms with Crippen LogP contribution in [0.15, 0.2) is 125 Å². The van der Waals surface area contributed by atoms with Gasteiger partial charge in [-0.15, -0.1) is 0 Å². The first-order chi connectivity index (χ1) is 28.3. The molecule has 0 unspecified atom stereocenters. The van der Waals surface area contributed by atoms with E-state index in [0.29, 0.717) is 69.4 Å². The molecule has 0 radical (unpaired) electrons. The first kappa shape index (κ1) is 40.9. The Morgan fingerprint density at radius 1 is 0.576 bits per heavy atom. The number of nitrogens with zero attached hydrogens (tertiary/aromatic N) is 2. The Labute approximate surface area is 344 Å². The minimum Gasteiger partial charge on any atom is -0.462 e. The molecule has 7 rings (SSSR count). The van der Waals surface area contributed by atoms with Crippen LogP contribution in [-0.2, 0) is 9.84 Å². The number of carbonyl (C=O) groups excluding carboxylic acids is 4. The van der Waals surface area contributed by atoms with Crippen LogP contribution in [0, 0.1) is 0 Å². The Kier molecular flexibility index (Phi) is 11.4. The van der Waals surface area contributed by atoms with Crippen LogP contribution >= 0.6 is 0 Å². The molecule has 59 heavy (non-hydrogen) atoms. The van der Waals surface area contributed by atoms with Crippen LogP contribution in [-0.4, -0.2) is 43.0 Å². The summed E-state index contributed by atoms with van der Waals surface area (Å²) in [5, 5.41) is 0.640. The molecule has 2 aliphatic heterocycles. The first-order valence-electron chi connectivity index (χ1n) is 19.9. The SMILES string of the molecule is CCC(CC)c1ccc(O/C(C)=C/C=C(\C)S(=O)(=O)c2ccc(Oc3ccc(N4C(=O)c5ccc6c7c(ccc(c57)C4=O)C(=O)N(C(CC)CC)C6=O)cc3)cc2)cc1. The Hall–Kier alpha value is -6.33. The van der Waals surface area contributed by atoms with Gasteiger partial charge in [0, 0.05) is 44.0 Å². The van der Waals surface area contributed by atoms with Crippen molar-refractivity contribution in [2.45, 2.75) is 84.1 Å². The number of amides is 4. The van der Waals surface area contributed by atoms with Crippen LogP contribution < -0.4 is 14.4 Å². The van der Waals surface area contributed by atoms with E-state index in [1.807, 2.05) is 26.0 Å². The maximum Gasteiger partial charge on any atom is 0.265 e. The summed E-state index contributed by atoms with van der Waals surface area (Å²) in [6, 6.07) is 26.3. The average Bonchev–Trinajstić information content (AvgIpc) is 3.24. The lowest BCUT2D eigenvalue weighted by Crippen LogP contribution is -2.47. The highest BCUT2D eigenvalue weighted by atomic mass is 32.2. The van der Waals surface area contributed by atoms with Crippen molar-refractivity contribution in [1.29, 1.82) is 0 Å². The fourth-order valence-electron chi connectivity index (χ4n) is 7.90. The van der Waals surface area contributed by atoms with Crippen molar-refractivity contribution in [1.82, 2.24) is 4.90 Å². The molecule has 0 atom stereocenters. The van der Waals surface area contributed by atoms with Gasteiger partial charge in [0.05, 0.1) is 10.6 Å². The summed E-state index contributed by atoms with van der Waals surface area (Å²) in [7, 11) is -3.80. The predicted molar refractivity (Wildman–Crippen MR) is 228 cm³/mol. The number of hydrogen-bond acceptors (Lipinski definition) is 8. The minimum atomic E-state index is -3.80. The predicted octanol–water partition coefficient (Wildman–Crippen LogP) is 10.8. The van der Waals surface area contributed by atoms with E-state index in [4.69, 9.17) is 9.47 Å². The van der Waals surface area contributed by atoms with Crippen molar-refractivity contribution in [2.75, 3.05) is 4.90 Å². The van der Waals surface area contributed by atoms with Gasteiger partial charge in [0.25, 0.3) is 23.6 Å².